The van der Waals surface area contributed by atoms with Gasteiger partial charge in [-0.15, -0.1) is 24.0 Å². The van der Waals surface area contributed by atoms with Crippen molar-refractivity contribution in [2.24, 2.45) is 10.9 Å². The molecule has 1 fully saturated rings. The van der Waals surface area contributed by atoms with Crippen LogP contribution in [0.2, 0.25) is 0 Å². The highest BCUT2D eigenvalue weighted by molar-refractivity contribution is 14.0. The minimum Gasteiger partial charge on any atom is -0.496 e. The predicted molar refractivity (Wildman–Crippen MR) is 109 cm³/mol. The van der Waals surface area contributed by atoms with Crippen molar-refractivity contribution in [1.82, 2.24) is 10.2 Å². The van der Waals surface area contributed by atoms with Crippen LogP contribution in [0.4, 0.5) is 0 Å². The van der Waals surface area contributed by atoms with Gasteiger partial charge in [-0.05, 0) is 31.2 Å². The lowest BCUT2D eigenvalue weighted by Crippen LogP contribution is -2.39. The van der Waals surface area contributed by atoms with E-state index in [1.54, 1.807) is 7.11 Å². The summed E-state index contributed by atoms with van der Waals surface area (Å²) in [5.41, 5.74) is 1.15. The molecule has 1 aliphatic rings. The van der Waals surface area contributed by atoms with E-state index in [9.17, 15) is 0 Å². The monoisotopic (exact) mass is 447 g/mol. The molecule has 5 nitrogen and oxygen atoms in total. The van der Waals surface area contributed by atoms with Crippen molar-refractivity contribution in [2.75, 3.05) is 41.0 Å². The van der Waals surface area contributed by atoms with Gasteiger partial charge < -0.3 is 19.7 Å². The summed E-state index contributed by atoms with van der Waals surface area (Å²) in [5.74, 6) is 2.63. The van der Waals surface area contributed by atoms with E-state index in [0.717, 1.165) is 55.9 Å². The van der Waals surface area contributed by atoms with E-state index in [2.05, 4.69) is 21.3 Å². The zero-order valence-electron chi connectivity index (χ0n) is 15.0. The summed E-state index contributed by atoms with van der Waals surface area (Å²) in [6.45, 7) is 3.37. The zero-order chi connectivity index (χ0) is 16.5. The molecule has 0 spiro atoms. The van der Waals surface area contributed by atoms with Crippen molar-refractivity contribution in [3.63, 3.8) is 0 Å². The third-order valence-electron chi connectivity index (χ3n) is 3.97. The maximum atomic E-state index is 5.65. The van der Waals surface area contributed by atoms with Gasteiger partial charge >= 0.3 is 0 Å². The quantitative estimate of drug-likeness (QED) is 0.274. The van der Waals surface area contributed by atoms with Crippen molar-refractivity contribution in [1.29, 1.82) is 0 Å². The number of ether oxygens (including phenoxy) is 2. The van der Waals surface area contributed by atoms with Crippen LogP contribution in [-0.4, -0.2) is 51.8 Å². The molecular weight excluding hydrogens is 417 g/mol. The van der Waals surface area contributed by atoms with Gasteiger partial charge in [0, 0.05) is 46.0 Å². The largest absolute Gasteiger partial charge is 0.496 e. The second kappa shape index (κ2) is 11.5. The number of methoxy groups -OCH3 is 1. The van der Waals surface area contributed by atoms with Crippen LogP contribution in [0.25, 0.3) is 0 Å². The molecule has 0 heterocycles. The highest BCUT2D eigenvalue weighted by atomic mass is 127. The molecular formula is C18H30IN3O2. The number of benzene rings is 1. The molecule has 6 heteroatoms. The molecule has 1 aliphatic carbocycles. The number of guanidine groups is 1. The average Bonchev–Trinajstić information content (AvgIpc) is 3.39. The van der Waals surface area contributed by atoms with Gasteiger partial charge in [0.2, 0.25) is 0 Å². The van der Waals surface area contributed by atoms with E-state index in [1.165, 1.54) is 12.8 Å². The molecule has 136 valence electrons. The van der Waals surface area contributed by atoms with Crippen LogP contribution >= 0.6 is 24.0 Å². The highest BCUT2D eigenvalue weighted by Crippen LogP contribution is 2.28. The minimum atomic E-state index is 0. The molecule has 1 saturated carbocycles. The van der Waals surface area contributed by atoms with E-state index in [-0.39, 0.29) is 24.0 Å². The molecule has 0 unspecified atom stereocenters. The molecule has 2 rings (SSSR count). The van der Waals surface area contributed by atoms with E-state index in [1.807, 2.05) is 32.3 Å². The standard InChI is InChI=1S/C18H29N3O2.HI/c1-19-18(20-11-6-12-23-14-15-9-10-15)21(2)13-16-7-4-5-8-17(16)22-3;/h4-5,7-8,15H,6,9-14H2,1-3H3,(H,19,20);1H. The van der Waals surface area contributed by atoms with E-state index >= 15 is 0 Å². The van der Waals surface area contributed by atoms with Gasteiger partial charge in [-0.3, -0.25) is 4.99 Å². The molecule has 0 radical (unpaired) electrons. The fraction of sp³-hybridized carbons (Fsp3) is 0.611. The van der Waals surface area contributed by atoms with Crippen LogP contribution in [0.3, 0.4) is 0 Å². The number of hydrogen-bond acceptors (Lipinski definition) is 3. The molecule has 0 aliphatic heterocycles. The summed E-state index contributed by atoms with van der Waals surface area (Å²) < 4.78 is 11.1. The molecule has 0 saturated heterocycles. The molecule has 1 aromatic carbocycles. The van der Waals surface area contributed by atoms with Crippen LogP contribution in [0.1, 0.15) is 24.8 Å². The first-order chi connectivity index (χ1) is 11.2. The van der Waals surface area contributed by atoms with Gasteiger partial charge in [0.1, 0.15) is 5.75 Å². The predicted octanol–water partition coefficient (Wildman–Crippen LogP) is 3.14. The van der Waals surface area contributed by atoms with Gasteiger partial charge in [-0.1, -0.05) is 18.2 Å². The maximum Gasteiger partial charge on any atom is 0.193 e. The first-order valence-electron chi connectivity index (χ1n) is 8.36. The van der Waals surface area contributed by atoms with Crippen molar-refractivity contribution in [3.8, 4) is 5.75 Å². The number of nitrogens with zero attached hydrogens (tertiary/aromatic N) is 2. The Bertz CT molecular complexity index is 507. The lowest BCUT2D eigenvalue weighted by Gasteiger charge is -2.23. The van der Waals surface area contributed by atoms with Crippen LogP contribution in [0.5, 0.6) is 5.75 Å². The van der Waals surface area contributed by atoms with E-state index in [0.29, 0.717) is 0 Å². The Kier molecular flexibility index (Phi) is 10.1. The van der Waals surface area contributed by atoms with Gasteiger partial charge in [0.25, 0.3) is 0 Å². The average molecular weight is 447 g/mol. The van der Waals surface area contributed by atoms with Gasteiger partial charge in [0.15, 0.2) is 5.96 Å². The fourth-order valence-electron chi connectivity index (χ4n) is 2.46. The van der Waals surface area contributed by atoms with Gasteiger partial charge in [-0.25, -0.2) is 0 Å². The van der Waals surface area contributed by atoms with Crippen molar-refractivity contribution in [3.05, 3.63) is 29.8 Å². The lowest BCUT2D eigenvalue weighted by molar-refractivity contribution is 0.122. The second-order valence-electron chi connectivity index (χ2n) is 6.01. The summed E-state index contributed by atoms with van der Waals surface area (Å²) in [6, 6.07) is 8.07. The van der Waals surface area contributed by atoms with Crippen molar-refractivity contribution < 1.29 is 9.47 Å². The smallest absolute Gasteiger partial charge is 0.193 e. The Morgan fingerprint density at radius 2 is 2.08 bits per heavy atom. The lowest BCUT2D eigenvalue weighted by atomic mass is 10.2. The first kappa shape index (κ1) is 21.0. The summed E-state index contributed by atoms with van der Waals surface area (Å²) >= 11 is 0. The molecule has 1 aromatic rings. The van der Waals surface area contributed by atoms with Crippen LogP contribution in [0.15, 0.2) is 29.3 Å². The number of para-hydroxylation sites is 1. The summed E-state index contributed by atoms with van der Waals surface area (Å²) in [7, 11) is 5.55. The number of hydrogen-bond donors (Lipinski definition) is 1. The SMILES string of the molecule is CN=C(NCCCOCC1CC1)N(C)Cc1ccccc1OC.I. The fourth-order valence-corrected chi connectivity index (χ4v) is 2.46. The number of rotatable bonds is 9. The van der Waals surface area contributed by atoms with Crippen LogP contribution in [0, 0.1) is 5.92 Å². The maximum absolute atomic E-state index is 5.65. The van der Waals surface area contributed by atoms with Crippen LogP contribution < -0.4 is 10.1 Å². The highest BCUT2D eigenvalue weighted by Gasteiger charge is 2.20. The normalized spacial score (nSPS) is 14.0. The molecule has 1 N–H and O–H groups in total. The number of aliphatic imine (C=N–C) groups is 1. The van der Waals surface area contributed by atoms with Crippen molar-refractivity contribution >= 4 is 29.9 Å². The molecule has 0 atom stereocenters. The molecule has 24 heavy (non-hydrogen) atoms. The van der Waals surface area contributed by atoms with E-state index in [4.69, 9.17) is 9.47 Å². The Hall–Kier alpha value is -1.02. The van der Waals surface area contributed by atoms with Crippen molar-refractivity contribution in [2.45, 2.75) is 25.8 Å². The molecule has 0 aromatic heterocycles. The minimum absolute atomic E-state index is 0. The summed E-state index contributed by atoms with van der Waals surface area (Å²) in [5, 5.41) is 3.39. The number of halogens is 1. The number of nitrogens with one attached hydrogen (secondary N) is 1. The zero-order valence-corrected chi connectivity index (χ0v) is 17.3. The second-order valence-corrected chi connectivity index (χ2v) is 6.01. The molecule has 0 amide bonds. The summed E-state index contributed by atoms with van der Waals surface area (Å²) in [6.07, 6.45) is 3.69. The Morgan fingerprint density at radius 1 is 1.33 bits per heavy atom. The van der Waals surface area contributed by atoms with E-state index < -0.39 is 0 Å². The Balaban J connectivity index is 0.00000288. The third-order valence-corrected chi connectivity index (χ3v) is 3.97. The van der Waals surface area contributed by atoms with Gasteiger partial charge in [-0.2, -0.15) is 0 Å². The molecule has 0 bridgehead atoms. The first-order valence-corrected chi connectivity index (χ1v) is 8.36. The Labute approximate surface area is 162 Å². The van der Waals surface area contributed by atoms with Gasteiger partial charge in [0.05, 0.1) is 7.11 Å². The Morgan fingerprint density at radius 3 is 2.75 bits per heavy atom. The third kappa shape index (κ3) is 7.25. The topological polar surface area (TPSA) is 46.1 Å². The summed E-state index contributed by atoms with van der Waals surface area (Å²) in [4.78, 5) is 6.45. The van der Waals surface area contributed by atoms with Crippen LogP contribution in [-0.2, 0) is 11.3 Å².